The van der Waals surface area contributed by atoms with E-state index in [1.165, 1.54) is 18.2 Å². The Morgan fingerprint density at radius 2 is 0.521 bits per heavy atom. The molecule has 0 spiro atoms. The average Bonchev–Trinajstić information content (AvgIpc) is 1.25. The first-order chi connectivity index (χ1) is 47.0. The predicted octanol–water partition coefficient (Wildman–Crippen LogP) is 17.7. The van der Waals surface area contributed by atoms with Crippen molar-refractivity contribution in [3.63, 3.8) is 0 Å². The van der Waals surface area contributed by atoms with Crippen LogP contribution in [0.25, 0.3) is 51.6 Å². The van der Waals surface area contributed by atoms with Crippen LogP contribution < -0.4 is 0 Å². The third-order valence-corrected chi connectivity index (χ3v) is 16.0. The number of carbonyl (C=O) groups excluding carboxylic acids is 6. The second-order valence-corrected chi connectivity index (χ2v) is 23.6. The molecule has 96 heavy (non-hydrogen) atoms. The maximum atomic E-state index is 13.0. The van der Waals surface area contributed by atoms with Crippen molar-refractivity contribution in [3.05, 3.63) is 197 Å². The van der Waals surface area contributed by atoms with Gasteiger partial charge in [0, 0.05) is 37.5 Å². The van der Waals surface area contributed by atoms with Gasteiger partial charge in [-0.25, -0.2) is 14.4 Å². The number of ether oxygens (including phenoxy) is 6. The lowest BCUT2D eigenvalue weighted by atomic mass is 10.0. The summed E-state index contributed by atoms with van der Waals surface area (Å²) in [4.78, 5) is 75.6. The fourth-order valence-electron chi connectivity index (χ4n) is 10.4. The molecule has 6 aromatic carbocycles. The van der Waals surface area contributed by atoms with Crippen molar-refractivity contribution in [2.75, 3.05) is 33.0 Å². The molecule has 15 nitrogen and oxygen atoms in total. The van der Waals surface area contributed by atoms with Gasteiger partial charge in [0.1, 0.15) is 13.2 Å². The van der Waals surface area contributed by atoms with Crippen molar-refractivity contribution in [1.82, 2.24) is 0 Å². The van der Waals surface area contributed by atoms with Crippen molar-refractivity contribution in [2.45, 2.75) is 160 Å². The highest BCUT2D eigenvalue weighted by molar-refractivity contribution is 5.88. The molecular weight excluding hydrogens is 1210 g/mol. The molecule has 500 valence electrons. The highest BCUT2D eigenvalue weighted by Gasteiger charge is 2.20. The molecule has 0 radical (unpaired) electrons. The van der Waals surface area contributed by atoms with E-state index in [1.807, 2.05) is 109 Å². The number of rotatable bonds is 44. The number of hydrogen-bond acceptors (Lipinski definition) is 15. The van der Waals surface area contributed by atoms with Gasteiger partial charge in [-0.2, -0.15) is 15.8 Å². The summed E-state index contributed by atoms with van der Waals surface area (Å²) < 4.78 is 33.0. The number of unbranched alkanes of at least 4 members (excludes halogenated alkanes) is 18. The summed E-state index contributed by atoms with van der Waals surface area (Å²) in [6, 6.07) is 51.9. The van der Waals surface area contributed by atoms with E-state index in [2.05, 4.69) is 18.2 Å². The highest BCUT2D eigenvalue weighted by Crippen LogP contribution is 2.24. The van der Waals surface area contributed by atoms with Gasteiger partial charge < -0.3 is 28.4 Å². The molecule has 0 aliphatic heterocycles. The third-order valence-electron chi connectivity index (χ3n) is 16.0. The predicted molar refractivity (Wildman–Crippen MR) is 372 cm³/mol. The minimum absolute atomic E-state index is 0.174. The van der Waals surface area contributed by atoms with Crippen LogP contribution >= 0.6 is 0 Å². The van der Waals surface area contributed by atoms with Crippen LogP contribution in [0.3, 0.4) is 0 Å². The number of esters is 6. The molecule has 0 fully saturated rings. The Morgan fingerprint density at radius 1 is 0.292 bits per heavy atom. The van der Waals surface area contributed by atoms with Crippen LogP contribution in [0.15, 0.2) is 164 Å². The zero-order chi connectivity index (χ0) is 68.1. The number of hydrogen-bond donors (Lipinski definition) is 0. The maximum Gasteiger partial charge on any atom is 0.330 e. The quantitative estimate of drug-likeness (QED) is 0.0150. The van der Waals surface area contributed by atoms with Crippen LogP contribution in [-0.2, 0) is 57.2 Å². The molecule has 6 aromatic rings. The Balaban J connectivity index is 0.796. The molecule has 0 aliphatic carbocycles. The van der Waals surface area contributed by atoms with E-state index in [-0.39, 0.29) is 32.5 Å². The molecule has 0 N–H and O–H groups in total. The van der Waals surface area contributed by atoms with E-state index < -0.39 is 41.9 Å². The molecule has 0 amide bonds. The number of nitriles is 3. The maximum absolute atomic E-state index is 13.0. The summed E-state index contributed by atoms with van der Waals surface area (Å²) >= 11 is 0. The minimum atomic E-state index is -0.938. The molecule has 6 rings (SSSR count). The summed E-state index contributed by atoms with van der Waals surface area (Å²) in [6.45, 7) is 0.564. The van der Waals surface area contributed by atoms with Gasteiger partial charge in [0.15, 0.2) is 6.10 Å². The van der Waals surface area contributed by atoms with Crippen LogP contribution in [0, 0.1) is 34.0 Å². The van der Waals surface area contributed by atoms with E-state index in [0.29, 0.717) is 55.8 Å². The molecule has 0 aromatic heterocycles. The Morgan fingerprint density at radius 3 is 0.781 bits per heavy atom. The van der Waals surface area contributed by atoms with Gasteiger partial charge >= 0.3 is 35.8 Å². The standard InChI is InChI=1S/C81H89N3O12/c82-58-66-31-46-72(47-32-66)69-40-25-63(26-41-69)37-52-78(87)91-55-19-13-7-1-4-10-16-22-76(85)94-61-75(96-81(90)24-18-12-6-3-9-15-21-57-93-80(89)54-39-65-29-44-71(45-30-65)74-50-35-68(60-84)36-51-74)62-95-77(86)23-17-11-5-2-8-14-20-56-92-79(88)53-38-64-27-42-70(43-28-64)73-48-33-67(59-83)34-49-73/h25-54,75H,1-24,55-57,61-62H2/b52-37+,53-38+,54-39+. The van der Waals surface area contributed by atoms with Crippen molar-refractivity contribution >= 4 is 54.0 Å². The van der Waals surface area contributed by atoms with Crippen molar-refractivity contribution < 1.29 is 57.2 Å². The molecule has 0 saturated heterocycles. The second-order valence-electron chi connectivity index (χ2n) is 23.6. The normalized spacial score (nSPS) is 11.1. The molecule has 0 bridgehead atoms. The van der Waals surface area contributed by atoms with Crippen LogP contribution in [-0.4, -0.2) is 75.0 Å². The smallest absolute Gasteiger partial charge is 0.330 e. The van der Waals surface area contributed by atoms with Crippen molar-refractivity contribution in [2.24, 2.45) is 0 Å². The van der Waals surface area contributed by atoms with Crippen molar-refractivity contribution in [3.8, 4) is 51.6 Å². The first-order valence-electron chi connectivity index (χ1n) is 33.8. The van der Waals surface area contributed by atoms with Crippen molar-refractivity contribution in [1.29, 1.82) is 15.8 Å². The Bertz CT molecular complexity index is 3400. The first-order valence-corrected chi connectivity index (χ1v) is 33.8. The minimum Gasteiger partial charge on any atom is -0.463 e. The van der Waals surface area contributed by atoms with Crippen LogP contribution in [0.1, 0.15) is 187 Å². The lowest BCUT2D eigenvalue weighted by Gasteiger charge is -2.18. The van der Waals surface area contributed by atoms with Gasteiger partial charge in [0.2, 0.25) is 0 Å². The van der Waals surface area contributed by atoms with Crippen LogP contribution in [0.4, 0.5) is 0 Å². The molecule has 0 heterocycles. The van der Waals surface area contributed by atoms with Crippen LogP contribution in [0.5, 0.6) is 0 Å². The highest BCUT2D eigenvalue weighted by atomic mass is 16.6. The Labute approximate surface area is 566 Å². The molecule has 0 unspecified atom stereocenters. The zero-order valence-electron chi connectivity index (χ0n) is 55.1. The molecule has 0 atom stereocenters. The summed E-state index contributed by atoms with van der Waals surface area (Å²) in [5.41, 5.74) is 10.5. The summed E-state index contributed by atoms with van der Waals surface area (Å²) in [5, 5.41) is 27.1. The largest absolute Gasteiger partial charge is 0.463 e. The van der Waals surface area contributed by atoms with Gasteiger partial charge in [-0.15, -0.1) is 0 Å². The Hall–Kier alpha value is -10.2. The lowest BCUT2D eigenvalue weighted by molar-refractivity contribution is -0.167. The fourth-order valence-corrected chi connectivity index (χ4v) is 10.4. The van der Waals surface area contributed by atoms with Gasteiger partial charge in [-0.3, -0.25) is 14.4 Å². The molecule has 0 aliphatic rings. The summed E-state index contributed by atoms with van der Waals surface area (Å²) in [7, 11) is 0. The average molecular weight is 1300 g/mol. The van der Waals surface area contributed by atoms with E-state index in [0.717, 1.165) is 166 Å². The number of benzene rings is 6. The van der Waals surface area contributed by atoms with E-state index in [9.17, 15) is 28.8 Å². The SMILES string of the molecule is N#Cc1ccc(-c2ccc(/C=C/C(=O)OCCCCCCCCCC(=O)OCC(COC(=O)CCCCCCCCCOC(=O)/C=C/c3ccc(-c4ccc(C#N)cc4)cc3)OC(=O)CCCCCCCCCOC(=O)/C=C/c3ccc(-c4ccc(C#N)cc4)cc3)cc2)cc1. The second kappa shape index (κ2) is 45.2. The van der Waals surface area contributed by atoms with Gasteiger partial charge in [0.25, 0.3) is 0 Å². The van der Waals surface area contributed by atoms with Gasteiger partial charge in [0.05, 0.1) is 54.7 Å². The fraction of sp³-hybridized carbons (Fsp3) is 0.370. The molecular formula is C81H89N3O12. The third kappa shape index (κ3) is 31.2. The lowest BCUT2D eigenvalue weighted by Crippen LogP contribution is -2.30. The summed E-state index contributed by atoms with van der Waals surface area (Å²) in [6.07, 6.45) is 27.1. The van der Waals surface area contributed by atoms with Gasteiger partial charge in [-0.1, -0.05) is 206 Å². The van der Waals surface area contributed by atoms with E-state index in [4.69, 9.17) is 44.2 Å². The van der Waals surface area contributed by atoms with Gasteiger partial charge in [-0.05, 0) is 143 Å². The molecule has 15 heteroatoms. The van der Waals surface area contributed by atoms with E-state index in [1.54, 1.807) is 54.6 Å². The van der Waals surface area contributed by atoms with Crippen LogP contribution in [0.2, 0.25) is 0 Å². The molecule has 0 saturated carbocycles. The van der Waals surface area contributed by atoms with E-state index >= 15 is 0 Å². The monoisotopic (exact) mass is 1300 g/mol. The zero-order valence-corrected chi connectivity index (χ0v) is 55.1. The number of carbonyl (C=O) groups is 6. The summed E-state index contributed by atoms with van der Waals surface area (Å²) in [5.74, 6) is -2.46. The Kier molecular flexibility index (Phi) is 35.3. The topological polar surface area (TPSA) is 229 Å². The number of nitrogens with zero attached hydrogens (tertiary/aromatic N) is 3. The first kappa shape index (κ1) is 74.9.